The van der Waals surface area contributed by atoms with E-state index in [9.17, 15) is 0 Å². The summed E-state index contributed by atoms with van der Waals surface area (Å²) in [6.45, 7) is 0. The van der Waals surface area contributed by atoms with Crippen molar-refractivity contribution in [2.75, 3.05) is 0 Å². The van der Waals surface area contributed by atoms with Gasteiger partial charge in [0.15, 0.2) is 0 Å². The first-order valence-electron chi connectivity index (χ1n) is 9.21. The van der Waals surface area contributed by atoms with Crippen LogP contribution in [0.25, 0.3) is 22.3 Å². The summed E-state index contributed by atoms with van der Waals surface area (Å²) in [5, 5.41) is 0. The van der Waals surface area contributed by atoms with Crippen LogP contribution >= 0.6 is 0 Å². The maximum Gasteiger partial charge on any atom is 0.0212 e. The summed E-state index contributed by atoms with van der Waals surface area (Å²) in [7, 11) is 0. The highest BCUT2D eigenvalue weighted by atomic mass is 14.4. The molecule has 1 atom stereocenters. The lowest BCUT2D eigenvalue weighted by Crippen LogP contribution is -2.09. The predicted molar refractivity (Wildman–Crippen MR) is 106 cm³/mol. The van der Waals surface area contributed by atoms with E-state index in [4.69, 9.17) is 0 Å². The molecule has 121 valence electrons. The molecule has 4 aromatic rings. The summed E-state index contributed by atoms with van der Waals surface area (Å²) in [4.78, 5) is 0. The molecule has 0 saturated heterocycles. The first-order chi connectivity index (χ1) is 12.9. The summed E-state index contributed by atoms with van der Waals surface area (Å²) < 4.78 is 0. The normalized spacial score (nSPS) is 14.6. The zero-order valence-corrected chi connectivity index (χ0v) is 14.3. The first kappa shape index (κ1) is 14.1. The van der Waals surface area contributed by atoms with E-state index in [0.717, 1.165) is 0 Å². The van der Waals surface area contributed by atoms with Crippen LogP contribution in [-0.4, -0.2) is 0 Å². The van der Waals surface area contributed by atoms with Gasteiger partial charge in [0, 0.05) is 11.8 Å². The number of benzene rings is 4. The van der Waals surface area contributed by atoms with Crippen LogP contribution in [-0.2, 0) is 0 Å². The average Bonchev–Trinajstić information content (AvgIpc) is 3.21. The Morgan fingerprint density at radius 3 is 1.42 bits per heavy atom. The van der Waals surface area contributed by atoms with E-state index in [2.05, 4.69) is 91.0 Å². The van der Waals surface area contributed by atoms with Crippen LogP contribution in [0.2, 0.25) is 0 Å². The van der Waals surface area contributed by atoms with Crippen LogP contribution in [0.1, 0.15) is 34.1 Å². The molecule has 1 unspecified atom stereocenters. The highest BCUT2D eigenvalue weighted by molar-refractivity contribution is 5.84. The van der Waals surface area contributed by atoms with Gasteiger partial charge < -0.3 is 0 Å². The van der Waals surface area contributed by atoms with Gasteiger partial charge in [-0.2, -0.15) is 0 Å². The van der Waals surface area contributed by atoms with Crippen LogP contribution < -0.4 is 0 Å². The van der Waals surface area contributed by atoms with Gasteiger partial charge in [-0.3, -0.25) is 0 Å². The zero-order valence-electron chi connectivity index (χ0n) is 14.3. The summed E-state index contributed by atoms with van der Waals surface area (Å²) in [5.41, 5.74) is 11.3. The van der Waals surface area contributed by atoms with E-state index in [0.29, 0.717) is 11.8 Å². The SMILES string of the molecule is [c]1ccc2c(c1)C(C1c3ccccc3-c3ccccc31)c1ccccc1-2. The van der Waals surface area contributed by atoms with E-state index >= 15 is 0 Å². The lowest BCUT2D eigenvalue weighted by atomic mass is 9.78. The van der Waals surface area contributed by atoms with Crippen molar-refractivity contribution in [1.82, 2.24) is 0 Å². The second-order valence-electron chi connectivity index (χ2n) is 7.23. The molecule has 2 aliphatic rings. The molecule has 0 fully saturated rings. The Kier molecular flexibility index (Phi) is 2.81. The van der Waals surface area contributed by atoms with Crippen molar-refractivity contribution in [1.29, 1.82) is 0 Å². The van der Waals surface area contributed by atoms with Gasteiger partial charge in [-0.25, -0.2) is 0 Å². The minimum Gasteiger partial charge on any atom is -0.0619 e. The van der Waals surface area contributed by atoms with Gasteiger partial charge >= 0.3 is 0 Å². The standard InChI is InChI=1S/C26H17/c1-5-13-21-17(9-1)18-10-2-6-14-22(18)25(21)26-23-15-7-3-11-19(23)20-12-4-8-16-24(20)26/h1-7,9-16,25-26H. The number of hydrogen-bond donors (Lipinski definition) is 0. The fourth-order valence-corrected chi connectivity index (χ4v) is 5.04. The molecular weight excluding hydrogens is 312 g/mol. The van der Waals surface area contributed by atoms with Gasteiger partial charge in [0.2, 0.25) is 0 Å². The molecule has 0 amide bonds. The fraction of sp³-hybridized carbons (Fsp3) is 0.0769. The minimum atomic E-state index is 0.350. The molecule has 0 N–H and O–H groups in total. The van der Waals surface area contributed by atoms with Crippen molar-refractivity contribution >= 4 is 0 Å². The Morgan fingerprint density at radius 2 is 0.885 bits per heavy atom. The molecule has 0 aromatic heterocycles. The van der Waals surface area contributed by atoms with E-state index in [1.54, 1.807) is 0 Å². The van der Waals surface area contributed by atoms with Crippen LogP contribution in [0.4, 0.5) is 0 Å². The summed E-state index contributed by atoms with van der Waals surface area (Å²) in [6.07, 6.45) is 0. The summed E-state index contributed by atoms with van der Waals surface area (Å²) >= 11 is 0. The van der Waals surface area contributed by atoms with Gasteiger partial charge in [0.05, 0.1) is 0 Å². The summed E-state index contributed by atoms with van der Waals surface area (Å²) in [6, 6.07) is 36.5. The van der Waals surface area contributed by atoms with Gasteiger partial charge in [-0.05, 0) is 56.6 Å². The second kappa shape index (κ2) is 5.19. The highest BCUT2D eigenvalue weighted by Gasteiger charge is 2.40. The predicted octanol–water partition coefficient (Wildman–Crippen LogP) is 6.41. The van der Waals surface area contributed by atoms with Crippen molar-refractivity contribution in [3.8, 4) is 22.3 Å². The highest BCUT2D eigenvalue weighted by Crippen LogP contribution is 2.57. The van der Waals surface area contributed by atoms with Crippen molar-refractivity contribution in [3.05, 3.63) is 119 Å². The van der Waals surface area contributed by atoms with Gasteiger partial charge in [-0.1, -0.05) is 84.9 Å². The van der Waals surface area contributed by atoms with Crippen molar-refractivity contribution in [2.45, 2.75) is 11.8 Å². The third-order valence-electron chi connectivity index (χ3n) is 6.03. The zero-order chi connectivity index (χ0) is 17.1. The molecule has 0 saturated carbocycles. The van der Waals surface area contributed by atoms with Crippen LogP contribution in [0, 0.1) is 6.07 Å². The van der Waals surface area contributed by atoms with Crippen molar-refractivity contribution < 1.29 is 0 Å². The largest absolute Gasteiger partial charge is 0.0619 e. The van der Waals surface area contributed by atoms with Gasteiger partial charge in [-0.15, -0.1) is 0 Å². The third-order valence-corrected chi connectivity index (χ3v) is 6.03. The van der Waals surface area contributed by atoms with Gasteiger partial charge in [0.1, 0.15) is 0 Å². The van der Waals surface area contributed by atoms with E-state index in [-0.39, 0.29) is 0 Å². The maximum absolute atomic E-state index is 3.33. The molecule has 0 heteroatoms. The van der Waals surface area contributed by atoms with Crippen LogP contribution in [0.15, 0.2) is 91.0 Å². The molecule has 0 aliphatic heterocycles. The van der Waals surface area contributed by atoms with Crippen LogP contribution in [0.3, 0.4) is 0 Å². The van der Waals surface area contributed by atoms with Crippen LogP contribution in [0.5, 0.6) is 0 Å². The molecule has 26 heavy (non-hydrogen) atoms. The molecule has 0 bridgehead atoms. The molecule has 0 spiro atoms. The van der Waals surface area contributed by atoms with Gasteiger partial charge in [0.25, 0.3) is 0 Å². The Morgan fingerprint density at radius 1 is 0.462 bits per heavy atom. The molecule has 6 rings (SSSR count). The number of rotatable bonds is 1. The Hall–Kier alpha value is -3.12. The molecule has 1 radical (unpaired) electrons. The first-order valence-corrected chi connectivity index (χ1v) is 9.21. The average molecular weight is 329 g/mol. The lowest BCUT2D eigenvalue weighted by molar-refractivity contribution is 0.723. The lowest BCUT2D eigenvalue weighted by Gasteiger charge is -2.24. The third kappa shape index (κ3) is 1.74. The van der Waals surface area contributed by atoms with Crippen molar-refractivity contribution in [2.24, 2.45) is 0 Å². The monoisotopic (exact) mass is 329 g/mol. The minimum absolute atomic E-state index is 0.350. The maximum atomic E-state index is 3.33. The van der Waals surface area contributed by atoms with E-state index in [1.165, 1.54) is 44.5 Å². The topological polar surface area (TPSA) is 0 Å². The Balaban J connectivity index is 1.67. The number of hydrogen-bond acceptors (Lipinski definition) is 0. The fourth-order valence-electron chi connectivity index (χ4n) is 5.04. The molecule has 4 aromatic carbocycles. The molecule has 2 aliphatic carbocycles. The molecule has 0 heterocycles. The smallest absolute Gasteiger partial charge is 0.0212 e. The Labute approximate surface area is 153 Å². The second-order valence-corrected chi connectivity index (χ2v) is 7.23. The molecular formula is C26H17. The van der Waals surface area contributed by atoms with Crippen molar-refractivity contribution in [3.63, 3.8) is 0 Å². The van der Waals surface area contributed by atoms with E-state index < -0.39 is 0 Å². The Bertz CT molecular complexity index is 968. The number of fused-ring (bicyclic) bond motifs is 6. The van der Waals surface area contributed by atoms with E-state index in [1.807, 2.05) is 6.07 Å². The quantitative estimate of drug-likeness (QED) is 0.378. The summed E-state index contributed by atoms with van der Waals surface area (Å²) in [5.74, 6) is 0.712. The molecule has 0 nitrogen and oxygen atoms in total.